The molecule has 2 saturated heterocycles. The minimum Gasteiger partial charge on any atom is -0.302 e. The van der Waals surface area contributed by atoms with Crippen molar-refractivity contribution in [3.8, 4) is 0 Å². The number of hydrogen-bond acceptors (Lipinski definition) is 2. The summed E-state index contributed by atoms with van der Waals surface area (Å²) < 4.78 is 0. The van der Waals surface area contributed by atoms with Crippen LogP contribution in [0.3, 0.4) is 0 Å². The predicted molar refractivity (Wildman–Crippen MR) is 65.6 cm³/mol. The molecule has 2 rings (SSSR count). The van der Waals surface area contributed by atoms with E-state index in [0.717, 1.165) is 11.8 Å². The SMILES string of the molecule is ClCCC1CCN(CCN2CCCC2)C1. The van der Waals surface area contributed by atoms with Gasteiger partial charge >= 0.3 is 0 Å². The summed E-state index contributed by atoms with van der Waals surface area (Å²) in [5.41, 5.74) is 0. The van der Waals surface area contributed by atoms with E-state index in [1.165, 1.54) is 65.0 Å². The molecule has 0 N–H and O–H groups in total. The minimum atomic E-state index is 0.838. The van der Waals surface area contributed by atoms with Gasteiger partial charge in [0.15, 0.2) is 0 Å². The van der Waals surface area contributed by atoms with Crippen LogP contribution in [0.25, 0.3) is 0 Å². The maximum atomic E-state index is 5.78. The maximum Gasteiger partial charge on any atom is 0.0226 e. The smallest absolute Gasteiger partial charge is 0.0226 e. The highest BCUT2D eigenvalue weighted by Crippen LogP contribution is 2.19. The molecule has 2 aliphatic rings. The number of alkyl halides is 1. The van der Waals surface area contributed by atoms with Crippen molar-refractivity contribution in [2.24, 2.45) is 5.92 Å². The van der Waals surface area contributed by atoms with Crippen molar-refractivity contribution in [3.05, 3.63) is 0 Å². The van der Waals surface area contributed by atoms with Crippen molar-refractivity contribution in [1.29, 1.82) is 0 Å². The molecule has 15 heavy (non-hydrogen) atoms. The molecule has 0 aliphatic carbocycles. The largest absolute Gasteiger partial charge is 0.302 e. The lowest BCUT2D eigenvalue weighted by atomic mass is 10.1. The lowest BCUT2D eigenvalue weighted by Crippen LogP contribution is -2.32. The summed E-state index contributed by atoms with van der Waals surface area (Å²) in [7, 11) is 0. The molecular weight excluding hydrogens is 208 g/mol. The van der Waals surface area contributed by atoms with Crippen LogP contribution in [0.2, 0.25) is 0 Å². The van der Waals surface area contributed by atoms with Crippen LogP contribution in [0.1, 0.15) is 25.7 Å². The molecule has 3 heteroatoms. The molecule has 0 aromatic heterocycles. The van der Waals surface area contributed by atoms with Gasteiger partial charge in [-0.2, -0.15) is 0 Å². The summed E-state index contributed by atoms with van der Waals surface area (Å²) in [6.07, 6.45) is 5.40. The van der Waals surface area contributed by atoms with Gasteiger partial charge in [-0.1, -0.05) is 0 Å². The van der Waals surface area contributed by atoms with Gasteiger partial charge in [-0.15, -0.1) is 11.6 Å². The molecule has 0 saturated carbocycles. The van der Waals surface area contributed by atoms with Gasteiger partial charge in [0.1, 0.15) is 0 Å². The number of likely N-dealkylation sites (tertiary alicyclic amines) is 2. The highest BCUT2D eigenvalue weighted by molar-refractivity contribution is 6.17. The van der Waals surface area contributed by atoms with Gasteiger partial charge in [-0.3, -0.25) is 0 Å². The quantitative estimate of drug-likeness (QED) is 0.667. The second-order valence-electron chi connectivity index (χ2n) is 4.98. The molecule has 2 heterocycles. The molecule has 0 radical (unpaired) electrons. The number of hydrogen-bond donors (Lipinski definition) is 0. The van der Waals surface area contributed by atoms with Gasteiger partial charge in [-0.25, -0.2) is 0 Å². The van der Waals surface area contributed by atoms with Gasteiger partial charge in [0, 0.05) is 25.5 Å². The van der Waals surface area contributed by atoms with E-state index < -0.39 is 0 Å². The van der Waals surface area contributed by atoms with Gasteiger partial charge in [0.05, 0.1) is 0 Å². The maximum absolute atomic E-state index is 5.78. The minimum absolute atomic E-state index is 0.838. The number of halogens is 1. The zero-order chi connectivity index (χ0) is 10.5. The van der Waals surface area contributed by atoms with Crippen LogP contribution in [0, 0.1) is 5.92 Å². The first kappa shape index (κ1) is 11.7. The van der Waals surface area contributed by atoms with Crippen molar-refractivity contribution in [1.82, 2.24) is 9.80 Å². The van der Waals surface area contributed by atoms with Crippen molar-refractivity contribution in [2.45, 2.75) is 25.7 Å². The third-order valence-corrected chi connectivity index (χ3v) is 4.04. The van der Waals surface area contributed by atoms with Crippen molar-refractivity contribution in [3.63, 3.8) is 0 Å². The van der Waals surface area contributed by atoms with E-state index in [0.29, 0.717) is 0 Å². The highest BCUT2D eigenvalue weighted by atomic mass is 35.5. The van der Waals surface area contributed by atoms with Crippen LogP contribution in [0.4, 0.5) is 0 Å². The molecule has 1 unspecified atom stereocenters. The molecule has 88 valence electrons. The fourth-order valence-corrected chi connectivity index (χ4v) is 3.10. The van der Waals surface area contributed by atoms with Crippen LogP contribution < -0.4 is 0 Å². The Balaban J connectivity index is 1.59. The molecule has 0 spiro atoms. The van der Waals surface area contributed by atoms with E-state index in [2.05, 4.69) is 9.80 Å². The topological polar surface area (TPSA) is 6.48 Å². The van der Waals surface area contributed by atoms with E-state index in [1.54, 1.807) is 0 Å². The molecule has 0 aromatic rings. The summed E-state index contributed by atoms with van der Waals surface area (Å²) in [6.45, 7) is 7.82. The highest BCUT2D eigenvalue weighted by Gasteiger charge is 2.22. The Kier molecular flexibility index (Phi) is 4.73. The van der Waals surface area contributed by atoms with Gasteiger partial charge in [0.25, 0.3) is 0 Å². The number of rotatable bonds is 5. The first-order valence-electron chi connectivity index (χ1n) is 6.39. The molecule has 0 bridgehead atoms. The Morgan fingerprint density at radius 3 is 2.47 bits per heavy atom. The Labute approximate surface area is 98.6 Å². The Morgan fingerprint density at radius 1 is 1.00 bits per heavy atom. The van der Waals surface area contributed by atoms with Crippen molar-refractivity contribution in [2.75, 3.05) is 45.1 Å². The number of nitrogens with zero attached hydrogens (tertiary/aromatic N) is 2. The lowest BCUT2D eigenvalue weighted by molar-refractivity contribution is 0.252. The molecule has 0 aromatic carbocycles. The predicted octanol–water partition coefficient (Wildman–Crippen LogP) is 2.03. The summed E-state index contributed by atoms with van der Waals surface area (Å²) in [4.78, 5) is 5.23. The molecule has 0 amide bonds. The molecule has 2 aliphatic heterocycles. The fourth-order valence-electron chi connectivity index (χ4n) is 2.79. The van der Waals surface area contributed by atoms with Crippen molar-refractivity contribution < 1.29 is 0 Å². The second kappa shape index (κ2) is 6.07. The third-order valence-electron chi connectivity index (χ3n) is 3.82. The van der Waals surface area contributed by atoms with Crippen LogP contribution in [0.15, 0.2) is 0 Å². The first-order chi connectivity index (χ1) is 7.38. The van der Waals surface area contributed by atoms with Crippen molar-refractivity contribution >= 4 is 11.6 Å². The van der Waals surface area contributed by atoms with E-state index in [4.69, 9.17) is 11.6 Å². The zero-order valence-electron chi connectivity index (χ0n) is 9.63. The molecule has 2 nitrogen and oxygen atoms in total. The Hall–Kier alpha value is 0.210. The average molecular weight is 231 g/mol. The first-order valence-corrected chi connectivity index (χ1v) is 6.92. The normalized spacial score (nSPS) is 29.0. The molecular formula is C12H23ClN2. The van der Waals surface area contributed by atoms with Gasteiger partial charge < -0.3 is 9.80 Å². The van der Waals surface area contributed by atoms with Crippen LogP contribution in [-0.4, -0.2) is 54.9 Å². The average Bonchev–Trinajstić information content (AvgIpc) is 2.85. The Morgan fingerprint density at radius 2 is 1.73 bits per heavy atom. The van der Waals surface area contributed by atoms with E-state index in [-0.39, 0.29) is 0 Å². The zero-order valence-corrected chi connectivity index (χ0v) is 10.4. The van der Waals surface area contributed by atoms with Gasteiger partial charge in [0.2, 0.25) is 0 Å². The molecule has 1 atom stereocenters. The van der Waals surface area contributed by atoms with E-state index in [9.17, 15) is 0 Å². The van der Waals surface area contributed by atoms with Crippen LogP contribution in [0.5, 0.6) is 0 Å². The summed E-state index contributed by atoms with van der Waals surface area (Å²) in [5.74, 6) is 1.71. The monoisotopic (exact) mass is 230 g/mol. The van der Waals surface area contributed by atoms with Crippen LogP contribution in [-0.2, 0) is 0 Å². The third kappa shape index (κ3) is 3.61. The summed E-state index contributed by atoms with van der Waals surface area (Å²) in [6, 6.07) is 0. The van der Waals surface area contributed by atoms with Crippen LogP contribution >= 0.6 is 11.6 Å². The summed E-state index contributed by atoms with van der Waals surface area (Å²) in [5, 5.41) is 0. The van der Waals surface area contributed by atoms with Gasteiger partial charge in [-0.05, 0) is 51.2 Å². The van der Waals surface area contributed by atoms with E-state index >= 15 is 0 Å². The van der Waals surface area contributed by atoms with E-state index in [1.807, 2.05) is 0 Å². The Bertz CT molecular complexity index is 180. The summed E-state index contributed by atoms with van der Waals surface area (Å²) >= 11 is 5.78. The second-order valence-corrected chi connectivity index (χ2v) is 5.36. The molecule has 2 fully saturated rings. The lowest BCUT2D eigenvalue weighted by Gasteiger charge is -2.20. The standard InChI is InChI=1S/C12H23ClN2/c13-5-3-12-4-8-15(11-12)10-9-14-6-1-2-7-14/h12H,1-11H2. The fraction of sp³-hybridized carbons (Fsp3) is 1.00.